The van der Waals surface area contributed by atoms with Gasteiger partial charge in [0.05, 0.1) is 36.2 Å². The van der Waals surface area contributed by atoms with Crippen LogP contribution in [0.15, 0.2) is 300 Å². The molecule has 0 spiro atoms. The van der Waals surface area contributed by atoms with Crippen LogP contribution in [0.3, 0.4) is 0 Å². The fourth-order valence-electron chi connectivity index (χ4n) is 9.00. The van der Waals surface area contributed by atoms with E-state index in [2.05, 4.69) is 27.7 Å². The summed E-state index contributed by atoms with van der Waals surface area (Å²) in [5, 5.41) is 0. The second-order valence-electron chi connectivity index (χ2n) is 20.4. The lowest BCUT2D eigenvalue weighted by Crippen LogP contribution is -1.91. The molecule has 10 aromatic rings. The fraction of sp³-hybridized carbons (Fsp3) is 0.103. The van der Waals surface area contributed by atoms with Gasteiger partial charge in [0.15, 0.2) is 0 Å². The van der Waals surface area contributed by atoms with Crippen molar-refractivity contribution in [2.75, 3.05) is 0 Å². The number of allylic oxidation sites excluding steroid dienone is 20. The highest BCUT2D eigenvalue weighted by atomic mass is 16.4. The third kappa shape index (κ3) is 17.7. The van der Waals surface area contributed by atoms with Crippen LogP contribution in [0.5, 0.6) is 0 Å². The lowest BCUT2D eigenvalue weighted by molar-refractivity contribution is 0.432. The molecule has 10 rings (SSSR count). The average Bonchev–Trinajstić information content (AvgIpc) is 4.59. The van der Waals surface area contributed by atoms with Gasteiger partial charge in [-0.25, -0.2) is 0 Å². The SMILES string of the molecule is CC(c1ccc(/C=C/C=C/C=C/c2ccco2)o1)c1ccc(/C=C/C=C/C=C/c2ccc(C(C)c3ccc(/C=C/C=C/C=C/c4ccc(C(C)c5ccc(/C=C/C=C/C=C/c6ccc(C(C)c7ccc(/C=C/C=C/C=C/c8ccco8)o7)o6)o5)o4)o3)o2)o1. The standard InChI is InChI=1S/C78H68O10/c1-57(71-47-39-63(81-71)29-17-7-5-15-27-61-37-25-55-79-61)73-49-41-65(83-73)31-19-9-11-21-33-67-43-51-75(85-67)59(3)77-53-45-69(87-77)35-23-13-14-24-36-70-46-54-78(88-70)60(4)76-52-44-68(86-76)34-22-12-10-20-32-66-42-50-74(84-66)58(2)72-48-40-64(82-72)30-18-8-6-16-28-62-38-26-56-80-62/h5-60H,1-4H3/b7-5+,8-6+,11-9+,12-10+,14-13+,27-15+,28-16+,29-17+,30-18+,31-19+,32-20+,33-21+,34-22+,35-23+,36-24+. The van der Waals surface area contributed by atoms with Crippen molar-refractivity contribution in [3.63, 3.8) is 0 Å². The Labute approximate surface area is 512 Å². The molecule has 0 fully saturated rings. The fourth-order valence-corrected chi connectivity index (χ4v) is 9.00. The summed E-state index contributed by atoms with van der Waals surface area (Å²) in [6, 6.07) is 39.1. The Morgan fingerprint density at radius 1 is 0.193 bits per heavy atom. The summed E-state index contributed by atoms with van der Waals surface area (Å²) >= 11 is 0. The first kappa shape index (κ1) is 60.0. The third-order valence-corrected chi connectivity index (χ3v) is 14.0. The van der Waals surface area contributed by atoms with E-state index < -0.39 is 0 Å². The van der Waals surface area contributed by atoms with Gasteiger partial charge in [0.1, 0.15) is 104 Å². The Hall–Kier alpha value is -11.1. The smallest absolute Gasteiger partial charge is 0.127 e. The quantitative estimate of drug-likeness (QED) is 0.0437. The van der Waals surface area contributed by atoms with E-state index in [1.54, 1.807) is 12.5 Å². The van der Waals surface area contributed by atoms with E-state index in [0.717, 1.165) is 104 Å². The van der Waals surface area contributed by atoms with Crippen LogP contribution >= 0.6 is 0 Å². The van der Waals surface area contributed by atoms with Gasteiger partial charge in [-0.1, -0.05) is 122 Å². The Kier molecular flexibility index (Phi) is 21.3. The minimum atomic E-state index is -0.0630. The lowest BCUT2D eigenvalue weighted by atomic mass is 10.1. The maximum atomic E-state index is 6.16. The summed E-state index contributed by atoms with van der Waals surface area (Å²) in [6.07, 6.45) is 61.3. The van der Waals surface area contributed by atoms with Crippen LogP contribution < -0.4 is 0 Å². The average molecular weight is 1170 g/mol. The van der Waals surface area contributed by atoms with Crippen molar-refractivity contribution in [2.45, 2.75) is 51.4 Å². The number of furan rings is 10. The highest BCUT2D eigenvalue weighted by Crippen LogP contribution is 2.32. The summed E-state index contributed by atoms with van der Waals surface area (Å²) < 4.78 is 59.6. The predicted molar refractivity (Wildman–Crippen MR) is 353 cm³/mol. The van der Waals surface area contributed by atoms with E-state index in [1.165, 1.54) is 0 Å². The van der Waals surface area contributed by atoms with Gasteiger partial charge in [0.2, 0.25) is 0 Å². The molecular weight excluding hydrogens is 1100 g/mol. The number of hydrogen-bond donors (Lipinski definition) is 0. The molecule has 0 aliphatic rings. The Morgan fingerprint density at radius 3 is 0.500 bits per heavy atom. The Morgan fingerprint density at radius 2 is 0.352 bits per heavy atom. The van der Waals surface area contributed by atoms with Gasteiger partial charge < -0.3 is 44.2 Å². The molecule has 0 aromatic carbocycles. The summed E-state index contributed by atoms with van der Waals surface area (Å²) in [5.41, 5.74) is 0. The molecule has 0 saturated heterocycles. The minimum Gasteiger partial charge on any atom is -0.465 e. The van der Waals surface area contributed by atoms with Crippen molar-refractivity contribution in [2.24, 2.45) is 0 Å². The molecule has 440 valence electrons. The second-order valence-corrected chi connectivity index (χ2v) is 20.4. The molecule has 10 heterocycles. The molecule has 10 heteroatoms. The molecule has 0 N–H and O–H groups in total. The van der Waals surface area contributed by atoms with Crippen molar-refractivity contribution >= 4 is 60.8 Å². The van der Waals surface area contributed by atoms with E-state index in [-0.39, 0.29) is 23.7 Å². The topological polar surface area (TPSA) is 131 Å². The zero-order chi connectivity index (χ0) is 60.5. The second kappa shape index (κ2) is 31.2. The summed E-state index contributed by atoms with van der Waals surface area (Å²) in [7, 11) is 0. The third-order valence-electron chi connectivity index (χ3n) is 14.0. The minimum absolute atomic E-state index is 0.0353. The molecule has 10 nitrogen and oxygen atoms in total. The largest absolute Gasteiger partial charge is 0.465 e. The molecule has 10 aromatic heterocycles. The summed E-state index contributed by atoms with van der Waals surface area (Å²) in [5.74, 6) is 14.1. The maximum Gasteiger partial charge on any atom is 0.127 e. The van der Waals surface area contributed by atoms with E-state index in [9.17, 15) is 0 Å². The van der Waals surface area contributed by atoms with Gasteiger partial charge in [-0.05, 0) is 210 Å². The molecule has 0 amide bonds. The monoisotopic (exact) mass is 1160 g/mol. The highest BCUT2D eigenvalue weighted by molar-refractivity contribution is 5.54. The zero-order valence-corrected chi connectivity index (χ0v) is 49.4. The summed E-state index contributed by atoms with van der Waals surface area (Å²) in [4.78, 5) is 0. The van der Waals surface area contributed by atoms with Gasteiger partial charge in [0, 0.05) is 0 Å². The maximum absolute atomic E-state index is 6.16. The van der Waals surface area contributed by atoms with Gasteiger partial charge in [-0.2, -0.15) is 0 Å². The van der Waals surface area contributed by atoms with Crippen molar-refractivity contribution in [3.05, 3.63) is 359 Å². The number of rotatable bonds is 28. The van der Waals surface area contributed by atoms with Gasteiger partial charge >= 0.3 is 0 Å². The highest BCUT2D eigenvalue weighted by Gasteiger charge is 2.19. The molecule has 4 unspecified atom stereocenters. The van der Waals surface area contributed by atoms with Crippen molar-refractivity contribution in [3.8, 4) is 0 Å². The van der Waals surface area contributed by atoms with Gasteiger partial charge in [-0.3, -0.25) is 0 Å². The molecular formula is C78H68O10. The van der Waals surface area contributed by atoms with Crippen molar-refractivity contribution < 1.29 is 44.2 Å². The molecule has 0 bridgehead atoms. The van der Waals surface area contributed by atoms with E-state index >= 15 is 0 Å². The molecule has 4 atom stereocenters. The van der Waals surface area contributed by atoms with E-state index in [0.29, 0.717) is 0 Å². The predicted octanol–water partition coefficient (Wildman–Crippen LogP) is 22.6. The molecule has 0 saturated carbocycles. The van der Waals surface area contributed by atoms with Crippen LogP contribution in [0.4, 0.5) is 0 Å². The Bertz CT molecular complexity index is 3950. The van der Waals surface area contributed by atoms with Crippen LogP contribution in [-0.4, -0.2) is 0 Å². The first-order valence-electron chi connectivity index (χ1n) is 29.2. The van der Waals surface area contributed by atoms with Gasteiger partial charge in [-0.15, -0.1) is 0 Å². The zero-order valence-electron chi connectivity index (χ0n) is 49.4. The molecule has 88 heavy (non-hydrogen) atoms. The first-order chi connectivity index (χ1) is 43.3. The normalized spacial score (nSPS) is 14.6. The van der Waals surface area contributed by atoms with Crippen molar-refractivity contribution in [1.29, 1.82) is 0 Å². The molecule has 0 radical (unpaired) electrons. The molecule has 0 aliphatic carbocycles. The van der Waals surface area contributed by atoms with Gasteiger partial charge in [0.25, 0.3) is 0 Å². The van der Waals surface area contributed by atoms with E-state index in [1.807, 2.05) is 304 Å². The first-order valence-corrected chi connectivity index (χ1v) is 29.2. The van der Waals surface area contributed by atoms with Crippen molar-refractivity contribution in [1.82, 2.24) is 0 Å². The lowest BCUT2D eigenvalue weighted by Gasteiger charge is -2.04. The van der Waals surface area contributed by atoms with Crippen LogP contribution in [0.25, 0.3) is 60.8 Å². The summed E-state index contributed by atoms with van der Waals surface area (Å²) in [6.45, 7) is 8.27. The van der Waals surface area contributed by atoms with E-state index in [4.69, 9.17) is 44.2 Å². The van der Waals surface area contributed by atoms with Crippen LogP contribution in [-0.2, 0) is 0 Å². The van der Waals surface area contributed by atoms with Crippen LogP contribution in [0, 0.1) is 0 Å². The van der Waals surface area contributed by atoms with Crippen LogP contribution in [0.1, 0.15) is 155 Å². The Balaban J connectivity index is 0.607. The van der Waals surface area contributed by atoms with Crippen LogP contribution in [0.2, 0.25) is 0 Å². The number of hydrogen-bond acceptors (Lipinski definition) is 10. The molecule has 0 aliphatic heterocycles.